The number of rotatable bonds is 8. The first-order chi connectivity index (χ1) is 17.2. The smallest absolute Gasteiger partial charge is 0.258 e. The molecule has 3 aromatic carbocycles. The minimum atomic E-state index is -0.431. The van der Waals surface area contributed by atoms with Crippen molar-refractivity contribution in [3.8, 4) is 11.5 Å². The van der Waals surface area contributed by atoms with Gasteiger partial charge >= 0.3 is 0 Å². The van der Waals surface area contributed by atoms with Crippen LogP contribution in [-0.4, -0.2) is 20.1 Å². The van der Waals surface area contributed by atoms with Crippen LogP contribution in [0.2, 0.25) is 0 Å². The van der Waals surface area contributed by atoms with Crippen molar-refractivity contribution in [2.75, 3.05) is 24.9 Å². The second-order valence-electron chi connectivity index (χ2n) is 9.77. The molecule has 0 radical (unpaired) electrons. The second-order valence-corrected chi connectivity index (χ2v) is 9.77. The van der Waals surface area contributed by atoms with E-state index in [1.807, 2.05) is 48.5 Å². The Morgan fingerprint density at radius 3 is 2.03 bits per heavy atom. The molecule has 0 bridgehead atoms. The number of nitrogens with two attached hydrogens (primary N) is 1. The van der Waals surface area contributed by atoms with Crippen molar-refractivity contribution in [1.29, 1.82) is 0 Å². The standard InChI is InChI=1S/C30H35N3O3/c1-18(2)30(31,19(3)4)21-12-14-22(15-13-21)32-28(20-10-8-7-9-11-20)27-23-16-25(35-5)26(36-6)17-24(23)33-29(27)34/h7-19,32H,31H2,1-6H3,(H,33,34)/b28-27-. The normalized spacial score (nSPS) is 14.5. The van der Waals surface area contributed by atoms with E-state index in [-0.39, 0.29) is 17.7 Å². The summed E-state index contributed by atoms with van der Waals surface area (Å²) in [6.07, 6.45) is 0. The lowest BCUT2D eigenvalue weighted by Gasteiger charge is -2.38. The average Bonchev–Trinajstić information content (AvgIpc) is 3.20. The van der Waals surface area contributed by atoms with E-state index in [4.69, 9.17) is 15.2 Å². The maximum Gasteiger partial charge on any atom is 0.258 e. The molecule has 6 nitrogen and oxygen atoms in total. The molecular formula is C30H35N3O3. The van der Waals surface area contributed by atoms with Gasteiger partial charge in [0.2, 0.25) is 0 Å². The first-order valence-electron chi connectivity index (χ1n) is 12.2. The summed E-state index contributed by atoms with van der Waals surface area (Å²) in [5, 5.41) is 6.49. The molecule has 0 unspecified atom stereocenters. The van der Waals surface area contributed by atoms with Gasteiger partial charge in [-0.3, -0.25) is 4.79 Å². The van der Waals surface area contributed by atoms with Crippen LogP contribution in [0.25, 0.3) is 11.3 Å². The van der Waals surface area contributed by atoms with Crippen LogP contribution >= 0.6 is 0 Å². The molecule has 0 aromatic heterocycles. The van der Waals surface area contributed by atoms with E-state index in [0.717, 1.165) is 22.4 Å². The Bertz CT molecular complexity index is 1270. The largest absolute Gasteiger partial charge is 0.493 e. The molecule has 4 N–H and O–H groups in total. The van der Waals surface area contributed by atoms with Crippen molar-refractivity contribution >= 4 is 28.6 Å². The molecule has 1 heterocycles. The van der Waals surface area contributed by atoms with E-state index in [1.165, 1.54) is 0 Å². The Morgan fingerprint density at radius 1 is 0.889 bits per heavy atom. The van der Waals surface area contributed by atoms with Crippen LogP contribution in [0.5, 0.6) is 11.5 Å². The lowest BCUT2D eigenvalue weighted by Crippen LogP contribution is -2.46. The molecule has 36 heavy (non-hydrogen) atoms. The first-order valence-corrected chi connectivity index (χ1v) is 12.2. The Morgan fingerprint density at radius 2 is 1.47 bits per heavy atom. The van der Waals surface area contributed by atoms with E-state index in [2.05, 4.69) is 50.5 Å². The van der Waals surface area contributed by atoms with E-state index in [0.29, 0.717) is 28.5 Å². The third-order valence-corrected chi connectivity index (χ3v) is 7.15. The van der Waals surface area contributed by atoms with Gasteiger partial charge in [-0.05, 0) is 41.2 Å². The average molecular weight is 486 g/mol. The topological polar surface area (TPSA) is 85.6 Å². The van der Waals surface area contributed by atoms with Gasteiger partial charge in [-0.2, -0.15) is 0 Å². The maximum atomic E-state index is 13.3. The van der Waals surface area contributed by atoms with Gasteiger partial charge < -0.3 is 25.8 Å². The number of fused-ring (bicyclic) bond motifs is 1. The van der Waals surface area contributed by atoms with Crippen LogP contribution in [-0.2, 0) is 10.3 Å². The molecular weight excluding hydrogens is 450 g/mol. The Balaban J connectivity index is 1.82. The molecule has 0 saturated carbocycles. The summed E-state index contributed by atoms with van der Waals surface area (Å²) in [6, 6.07) is 21.7. The lowest BCUT2D eigenvalue weighted by atomic mass is 9.73. The van der Waals surface area contributed by atoms with Gasteiger partial charge in [-0.15, -0.1) is 0 Å². The number of carbonyl (C=O) groups excluding carboxylic acids is 1. The van der Waals surface area contributed by atoms with Crippen LogP contribution in [0.4, 0.5) is 11.4 Å². The monoisotopic (exact) mass is 485 g/mol. The zero-order valence-corrected chi connectivity index (χ0v) is 21.8. The molecule has 3 aromatic rings. The molecule has 6 heteroatoms. The van der Waals surface area contributed by atoms with Crippen LogP contribution in [0, 0.1) is 11.8 Å². The molecule has 0 aliphatic carbocycles. The highest BCUT2D eigenvalue weighted by atomic mass is 16.5. The fraction of sp³-hybridized carbons (Fsp3) is 0.300. The van der Waals surface area contributed by atoms with Crippen molar-refractivity contribution in [2.24, 2.45) is 17.6 Å². The zero-order chi connectivity index (χ0) is 26.0. The summed E-state index contributed by atoms with van der Waals surface area (Å²) < 4.78 is 10.9. The quantitative estimate of drug-likeness (QED) is 0.336. The highest BCUT2D eigenvalue weighted by molar-refractivity contribution is 6.37. The molecule has 4 rings (SSSR count). The second kappa shape index (κ2) is 10.1. The van der Waals surface area contributed by atoms with Crippen molar-refractivity contribution in [2.45, 2.75) is 33.2 Å². The van der Waals surface area contributed by atoms with E-state index in [1.54, 1.807) is 20.3 Å². The van der Waals surface area contributed by atoms with Crippen molar-refractivity contribution < 1.29 is 14.3 Å². The molecule has 0 atom stereocenters. The molecule has 0 spiro atoms. The van der Waals surface area contributed by atoms with Crippen molar-refractivity contribution in [3.05, 3.63) is 83.4 Å². The lowest BCUT2D eigenvalue weighted by molar-refractivity contribution is -0.110. The van der Waals surface area contributed by atoms with Gasteiger partial charge in [0.25, 0.3) is 5.91 Å². The van der Waals surface area contributed by atoms with Crippen molar-refractivity contribution in [3.63, 3.8) is 0 Å². The summed E-state index contributed by atoms with van der Waals surface area (Å²) in [4.78, 5) is 13.3. The maximum absolute atomic E-state index is 13.3. The van der Waals surface area contributed by atoms with Crippen LogP contribution < -0.4 is 25.8 Å². The number of nitrogens with one attached hydrogen (secondary N) is 2. The minimum Gasteiger partial charge on any atom is -0.493 e. The van der Waals surface area contributed by atoms with Crippen molar-refractivity contribution in [1.82, 2.24) is 0 Å². The predicted molar refractivity (Wildman–Crippen MR) is 147 cm³/mol. The van der Waals surface area contributed by atoms with E-state index < -0.39 is 5.54 Å². The molecule has 0 fully saturated rings. The first kappa shape index (κ1) is 25.3. The van der Waals surface area contributed by atoms with Gasteiger partial charge in [-0.25, -0.2) is 0 Å². The number of carbonyl (C=O) groups is 1. The van der Waals surface area contributed by atoms with Gasteiger partial charge in [0.1, 0.15) is 0 Å². The molecule has 188 valence electrons. The Hall–Kier alpha value is -3.77. The summed E-state index contributed by atoms with van der Waals surface area (Å²) in [6.45, 7) is 8.63. The highest BCUT2D eigenvalue weighted by Gasteiger charge is 2.35. The number of amides is 1. The van der Waals surface area contributed by atoms with Gasteiger partial charge in [0.15, 0.2) is 11.5 Å². The number of hydrogen-bond acceptors (Lipinski definition) is 5. The molecule has 0 saturated heterocycles. The number of ether oxygens (including phenoxy) is 2. The summed E-state index contributed by atoms with van der Waals surface area (Å²) in [5.74, 6) is 1.49. The fourth-order valence-electron chi connectivity index (χ4n) is 4.95. The summed E-state index contributed by atoms with van der Waals surface area (Å²) in [5.41, 5.74) is 12.0. The minimum absolute atomic E-state index is 0.191. The Labute approximate surface area is 213 Å². The van der Waals surface area contributed by atoms with Gasteiger partial charge in [0.05, 0.1) is 31.2 Å². The SMILES string of the molecule is COc1cc2c(cc1OC)/C(=C(/Nc1ccc(C(N)(C(C)C)C(C)C)cc1)c1ccccc1)C(=O)N2. The summed E-state index contributed by atoms with van der Waals surface area (Å²) >= 11 is 0. The third kappa shape index (κ3) is 4.44. The number of benzene rings is 3. The summed E-state index contributed by atoms with van der Waals surface area (Å²) in [7, 11) is 3.16. The zero-order valence-electron chi connectivity index (χ0n) is 21.8. The molecule has 1 aliphatic heterocycles. The predicted octanol–water partition coefficient (Wildman–Crippen LogP) is 6.10. The number of anilines is 2. The number of hydrogen-bond donors (Lipinski definition) is 3. The van der Waals surface area contributed by atoms with Crippen LogP contribution in [0.3, 0.4) is 0 Å². The van der Waals surface area contributed by atoms with Crippen LogP contribution in [0.15, 0.2) is 66.7 Å². The third-order valence-electron chi connectivity index (χ3n) is 7.15. The van der Waals surface area contributed by atoms with Crippen LogP contribution in [0.1, 0.15) is 44.4 Å². The fourth-order valence-corrected chi connectivity index (χ4v) is 4.95. The van der Waals surface area contributed by atoms with E-state index in [9.17, 15) is 4.79 Å². The highest BCUT2D eigenvalue weighted by Crippen LogP contribution is 2.43. The van der Waals surface area contributed by atoms with E-state index >= 15 is 0 Å². The molecule has 1 amide bonds. The van der Waals surface area contributed by atoms with Gasteiger partial charge in [-0.1, -0.05) is 70.2 Å². The number of methoxy groups -OCH3 is 2. The molecule has 1 aliphatic rings. The Kier molecular flexibility index (Phi) is 7.09. The van der Waals surface area contributed by atoms with Gasteiger partial charge in [0, 0.05) is 22.9 Å².